The first-order valence-electron chi connectivity index (χ1n) is 6.49. The van der Waals surface area contributed by atoms with E-state index in [2.05, 4.69) is 5.32 Å². The maximum atomic E-state index is 11.7. The lowest BCUT2D eigenvalue weighted by Crippen LogP contribution is -2.43. The number of carbonyl (C=O) groups is 2. The van der Waals surface area contributed by atoms with Gasteiger partial charge >= 0.3 is 12.0 Å². The molecule has 2 amide bonds. The predicted octanol–water partition coefficient (Wildman–Crippen LogP) is 1.06. The molecule has 2 N–H and O–H groups in total. The van der Waals surface area contributed by atoms with Gasteiger partial charge in [0.15, 0.2) is 0 Å². The van der Waals surface area contributed by atoms with Crippen LogP contribution in [0.15, 0.2) is 0 Å². The minimum atomic E-state index is -0.998. The van der Waals surface area contributed by atoms with E-state index in [0.717, 1.165) is 25.9 Å². The van der Waals surface area contributed by atoms with Gasteiger partial charge in [-0.1, -0.05) is 0 Å². The van der Waals surface area contributed by atoms with E-state index >= 15 is 0 Å². The van der Waals surface area contributed by atoms with Crippen LogP contribution in [-0.2, 0) is 9.53 Å². The van der Waals surface area contributed by atoms with Crippen molar-refractivity contribution in [1.82, 2.24) is 10.2 Å². The SMILES string of the molecule is CCN(CC(=O)O)C(=O)NCCC1CCCCO1. The van der Waals surface area contributed by atoms with E-state index in [4.69, 9.17) is 9.84 Å². The Kier molecular flexibility index (Phi) is 6.49. The van der Waals surface area contributed by atoms with E-state index < -0.39 is 5.97 Å². The zero-order valence-electron chi connectivity index (χ0n) is 10.9. The Hall–Kier alpha value is -1.30. The second-order valence-corrected chi connectivity index (χ2v) is 4.42. The molecule has 1 rings (SSSR count). The summed E-state index contributed by atoms with van der Waals surface area (Å²) in [5.74, 6) is -0.998. The van der Waals surface area contributed by atoms with Crippen LogP contribution in [0.2, 0.25) is 0 Å². The number of nitrogens with one attached hydrogen (secondary N) is 1. The average Bonchev–Trinajstić information content (AvgIpc) is 2.36. The first kappa shape index (κ1) is 14.8. The molecule has 0 aromatic carbocycles. The van der Waals surface area contributed by atoms with E-state index in [9.17, 15) is 9.59 Å². The number of ether oxygens (including phenoxy) is 1. The van der Waals surface area contributed by atoms with Gasteiger partial charge < -0.3 is 20.1 Å². The number of hydrogen-bond acceptors (Lipinski definition) is 3. The minimum Gasteiger partial charge on any atom is -0.480 e. The van der Waals surface area contributed by atoms with Crippen LogP contribution >= 0.6 is 0 Å². The van der Waals surface area contributed by atoms with Crippen LogP contribution in [0.4, 0.5) is 4.79 Å². The molecular weight excluding hydrogens is 236 g/mol. The van der Waals surface area contributed by atoms with Crippen molar-refractivity contribution in [2.75, 3.05) is 26.2 Å². The molecular formula is C12H22N2O4. The van der Waals surface area contributed by atoms with Crippen LogP contribution < -0.4 is 5.32 Å². The summed E-state index contributed by atoms with van der Waals surface area (Å²) in [7, 11) is 0. The van der Waals surface area contributed by atoms with Crippen LogP contribution in [0.5, 0.6) is 0 Å². The second-order valence-electron chi connectivity index (χ2n) is 4.42. The first-order chi connectivity index (χ1) is 8.63. The second kappa shape index (κ2) is 7.92. The molecule has 0 spiro atoms. The Morgan fingerprint density at radius 3 is 2.78 bits per heavy atom. The number of urea groups is 1. The molecule has 104 valence electrons. The Balaban J connectivity index is 2.20. The lowest BCUT2D eigenvalue weighted by Gasteiger charge is -2.23. The van der Waals surface area contributed by atoms with E-state index in [1.54, 1.807) is 6.92 Å². The highest BCUT2D eigenvalue weighted by atomic mass is 16.5. The topological polar surface area (TPSA) is 78.9 Å². The van der Waals surface area contributed by atoms with E-state index in [1.165, 1.54) is 11.3 Å². The molecule has 0 aliphatic carbocycles. The summed E-state index contributed by atoms with van der Waals surface area (Å²) in [5.41, 5.74) is 0. The van der Waals surface area contributed by atoms with Crippen LogP contribution in [-0.4, -0.2) is 54.4 Å². The smallest absolute Gasteiger partial charge is 0.323 e. The fraction of sp³-hybridized carbons (Fsp3) is 0.833. The third kappa shape index (κ3) is 5.35. The number of carbonyl (C=O) groups excluding carboxylic acids is 1. The summed E-state index contributed by atoms with van der Waals surface area (Å²) in [6.07, 6.45) is 4.36. The van der Waals surface area contributed by atoms with Gasteiger partial charge in [0.1, 0.15) is 6.54 Å². The zero-order valence-corrected chi connectivity index (χ0v) is 10.9. The van der Waals surface area contributed by atoms with E-state index in [1.807, 2.05) is 0 Å². The van der Waals surface area contributed by atoms with Crippen molar-refractivity contribution in [3.63, 3.8) is 0 Å². The van der Waals surface area contributed by atoms with Crippen molar-refractivity contribution < 1.29 is 19.4 Å². The van der Waals surface area contributed by atoms with Gasteiger partial charge in [0.2, 0.25) is 0 Å². The maximum absolute atomic E-state index is 11.7. The van der Waals surface area contributed by atoms with Gasteiger partial charge in [0.05, 0.1) is 6.10 Å². The Morgan fingerprint density at radius 2 is 2.22 bits per heavy atom. The van der Waals surface area contributed by atoms with E-state index in [0.29, 0.717) is 13.1 Å². The lowest BCUT2D eigenvalue weighted by atomic mass is 10.1. The molecule has 0 aromatic heterocycles. The quantitative estimate of drug-likeness (QED) is 0.746. The number of nitrogens with zero attached hydrogens (tertiary/aromatic N) is 1. The average molecular weight is 258 g/mol. The number of amides is 2. The highest BCUT2D eigenvalue weighted by Crippen LogP contribution is 2.14. The van der Waals surface area contributed by atoms with Crippen LogP contribution in [0.25, 0.3) is 0 Å². The Morgan fingerprint density at radius 1 is 1.44 bits per heavy atom. The van der Waals surface area contributed by atoms with Crippen molar-refractivity contribution in [3.05, 3.63) is 0 Å². The Bertz CT molecular complexity index is 277. The maximum Gasteiger partial charge on any atom is 0.323 e. The number of likely N-dealkylation sites (N-methyl/N-ethyl adjacent to an activating group) is 1. The summed E-state index contributed by atoms with van der Waals surface area (Å²) in [6.45, 7) is 3.21. The highest BCUT2D eigenvalue weighted by molar-refractivity contribution is 5.79. The molecule has 1 aliphatic rings. The van der Waals surface area contributed by atoms with Crippen molar-refractivity contribution in [2.24, 2.45) is 0 Å². The van der Waals surface area contributed by atoms with E-state index in [-0.39, 0.29) is 18.7 Å². The molecule has 6 heteroatoms. The van der Waals surface area contributed by atoms with Crippen molar-refractivity contribution >= 4 is 12.0 Å². The molecule has 0 radical (unpaired) electrons. The van der Waals surface area contributed by atoms with Crippen molar-refractivity contribution in [3.8, 4) is 0 Å². The molecule has 18 heavy (non-hydrogen) atoms. The Labute approximate surface area is 107 Å². The van der Waals surface area contributed by atoms with Crippen LogP contribution in [0, 0.1) is 0 Å². The monoisotopic (exact) mass is 258 g/mol. The summed E-state index contributed by atoms with van der Waals surface area (Å²) >= 11 is 0. The molecule has 6 nitrogen and oxygen atoms in total. The fourth-order valence-electron chi connectivity index (χ4n) is 1.98. The molecule has 1 unspecified atom stereocenters. The minimum absolute atomic E-state index is 0.230. The van der Waals surface area contributed by atoms with Gasteiger partial charge in [0.25, 0.3) is 0 Å². The van der Waals surface area contributed by atoms with Gasteiger partial charge in [-0.15, -0.1) is 0 Å². The molecule has 0 aromatic rings. The number of carboxylic acid groups (broad SMARTS) is 1. The molecule has 1 fully saturated rings. The first-order valence-corrected chi connectivity index (χ1v) is 6.49. The largest absolute Gasteiger partial charge is 0.480 e. The zero-order chi connectivity index (χ0) is 13.4. The van der Waals surface area contributed by atoms with Crippen molar-refractivity contribution in [1.29, 1.82) is 0 Å². The standard InChI is InChI=1S/C12H22N2O4/c1-2-14(9-11(15)16)12(17)13-7-6-10-5-3-4-8-18-10/h10H,2-9H2,1H3,(H,13,17)(H,15,16). The van der Waals surface area contributed by atoms with Gasteiger partial charge in [-0.25, -0.2) is 4.79 Å². The number of aliphatic carboxylic acids is 1. The summed E-state index contributed by atoms with van der Waals surface area (Å²) in [5, 5.41) is 11.4. The molecule has 1 aliphatic heterocycles. The molecule has 0 bridgehead atoms. The number of hydrogen-bond donors (Lipinski definition) is 2. The van der Waals surface area contributed by atoms with Crippen LogP contribution in [0.3, 0.4) is 0 Å². The lowest BCUT2D eigenvalue weighted by molar-refractivity contribution is -0.137. The van der Waals surface area contributed by atoms with Crippen LogP contribution in [0.1, 0.15) is 32.6 Å². The highest BCUT2D eigenvalue weighted by Gasteiger charge is 2.16. The number of rotatable bonds is 6. The normalized spacial score (nSPS) is 19.3. The summed E-state index contributed by atoms with van der Waals surface area (Å²) in [4.78, 5) is 23.5. The molecule has 1 heterocycles. The molecule has 1 atom stereocenters. The van der Waals surface area contributed by atoms with Gasteiger partial charge in [0, 0.05) is 19.7 Å². The summed E-state index contributed by atoms with van der Waals surface area (Å²) in [6, 6.07) is -0.323. The van der Waals surface area contributed by atoms with Crippen molar-refractivity contribution in [2.45, 2.75) is 38.7 Å². The number of carboxylic acids is 1. The van der Waals surface area contributed by atoms with Gasteiger partial charge in [-0.2, -0.15) is 0 Å². The molecule has 0 saturated carbocycles. The summed E-state index contributed by atoms with van der Waals surface area (Å²) < 4.78 is 5.55. The van der Waals surface area contributed by atoms with Gasteiger partial charge in [-0.3, -0.25) is 4.79 Å². The third-order valence-corrected chi connectivity index (χ3v) is 3.01. The van der Waals surface area contributed by atoms with Gasteiger partial charge in [-0.05, 0) is 32.6 Å². The fourth-order valence-corrected chi connectivity index (χ4v) is 1.98. The third-order valence-electron chi connectivity index (χ3n) is 3.01. The molecule has 1 saturated heterocycles. The predicted molar refractivity (Wildman–Crippen MR) is 66.5 cm³/mol.